The summed E-state index contributed by atoms with van der Waals surface area (Å²) < 4.78 is 13.8. The molecule has 0 aromatic heterocycles. The van der Waals surface area contributed by atoms with Crippen molar-refractivity contribution < 1.29 is 14.0 Å². The maximum absolute atomic E-state index is 13.8. The number of amides is 2. The van der Waals surface area contributed by atoms with Gasteiger partial charge in [-0.25, -0.2) is 4.39 Å². The van der Waals surface area contributed by atoms with E-state index in [9.17, 15) is 14.0 Å². The molecule has 1 heterocycles. The van der Waals surface area contributed by atoms with Crippen LogP contribution in [0.1, 0.15) is 37.0 Å². The molecule has 1 atom stereocenters. The highest BCUT2D eigenvalue weighted by Gasteiger charge is 2.34. The molecule has 0 aliphatic carbocycles. The molecule has 2 aromatic carbocycles. The second-order valence-electron chi connectivity index (χ2n) is 7.23. The van der Waals surface area contributed by atoms with Gasteiger partial charge in [0.1, 0.15) is 5.82 Å². The van der Waals surface area contributed by atoms with Crippen molar-refractivity contribution in [2.45, 2.75) is 39.5 Å². The number of anilines is 1. The SMILES string of the molecule is CCc1cccc(CC)c1NC(=O)C1CC(=O)N(CCc2ccccc2F)C1. The summed E-state index contributed by atoms with van der Waals surface area (Å²) in [4.78, 5) is 26.8. The van der Waals surface area contributed by atoms with Crippen molar-refractivity contribution in [3.05, 3.63) is 65.0 Å². The second kappa shape index (κ2) is 9.00. The number of halogens is 1. The van der Waals surface area contributed by atoms with Gasteiger partial charge in [0.15, 0.2) is 0 Å². The smallest absolute Gasteiger partial charge is 0.229 e. The van der Waals surface area contributed by atoms with Crippen molar-refractivity contribution >= 4 is 17.5 Å². The van der Waals surface area contributed by atoms with Gasteiger partial charge >= 0.3 is 0 Å². The number of aryl methyl sites for hydroxylation is 2. The lowest BCUT2D eigenvalue weighted by Gasteiger charge is -2.18. The molecule has 3 rings (SSSR count). The molecule has 1 aliphatic heterocycles. The van der Waals surface area contributed by atoms with Crippen LogP contribution in [0.15, 0.2) is 42.5 Å². The number of nitrogens with one attached hydrogen (secondary N) is 1. The lowest BCUT2D eigenvalue weighted by molar-refractivity contribution is -0.128. The van der Waals surface area contributed by atoms with Crippen LogP contribution in [0.25, 0.3) is 0 Å². The first-order valence-corrected chi connectivity index (χ1v) is 9.96. The van der Waals surface area contributed by atoms with Crippen molar-refractivity contribution in [1.82, 2.24) is 4.90 Å². The molecule has 1 fully saturated rings. The molecular weight excluding hydrogens is 355 g/mol. The van der Waals surface area contributed by atoms with E-state index in [0.29, 0.717) is 25.1 Å². The van der Waals surface area contributed by atoms with Crippen molar-refractivity contribution in [2.24, 2.45) is 5.92 Å². The molecule has 1 N–H and O–H groups in total. The first kappa shape index (κ1) is 20.1. The average molecular weight is 382 g/mol. The van der Waals surface area contributed by atoms with Crippen molar-refractivity contribution in [3.8, 4) is 0 Å². The lowest BCUT2D eigenvalue weighted by Crippen LogP contribution is -2.30. The number of carbonyl (C=O) groups is 2. The van der Waals surface area contributed by atoms with Crippen LogP contribution in [-0.2, 0) is 28.9 Å². The van der Waals surface area contributed by atoms with Gasteiger partial charge < -0.3 is 10.2 Å². The molecule has 1 unspecified atom stereocenters. The van der Waals surface area contributed by atoms with Crippen LogP contribution >= 0.6 is 0 Å². The quantitative estimate of drug-likeness (QED) is 0.787. The molecule has 0 spiro atoms. The molecule has 2 aromatic rings. The third kappa shape index (κ3) is 4.41. The summed E-state index contributed by atoms with van der Waals surface area (Å²) in [6.07, 6.45) is 2.33. The predicted octanol–water partition coefficient (Wildman–Crippen LogP) is 3.98. The molecule has 1 aliphatic rings. The fourth-order valence-electron chi connectivity index (χ4n) is 3.75. The minimum absolute atomic E-state index is 0.0454. The molecule has 1 saturated heterocycles. The highest BCUT2D eigenvalue weighted by molar-refractivity contribution is 5.98. The summed E-state index contributed by atoms with van der Waals surface area (Å²) in [6.45, 7) is 4.94. The van der Waals surface area contributed by atoms with Gasteiger partial charge in [-0.1, -0.05) is 50.2 Å². The van der Waals surface area contributed by atoms with E-state index in [-0.39, 0.29) is 30.0 Å². The largest absolute Gasteiger partial charge is 0.342 e. The monoisotopic (exact) mass is 382 g/mol. The molecule has 4 nitrogen and oxygen atoms in total. The summed E-state index contributed by atoms with van der Waals surface area (Å²) in [5, 5.41) is 3.07. The zero-order valence-electron chi connectivity index (χ0n) is 16.5. The van der Waals surface area contributed by atoms with E-state index in [2.05, 4.69) is 19.2 Å². The minimum atomic E-state index is -0.372. The fraction of sp³-hybridized carbons (Fsp3) is 0.391. The van der Waals surface area contributed by atoms with E-state index in [1.807, 2.05) is 18.2 Å². The number of hydrogen-bond donors (Lipinski definition) is 1. The van der Waals surface area contributed by atoms with Crippen LogP contribution in [0.2, 0.25) is 0 Å². The van der Waals surface area contributed by atoms with Crippen molar-refractivity contribution in [2.75, 3.05) is 18.4 Å². The summed E-state index contributed by atoms with van der Waals surface area (Å²) >= 11 is 0. The Kier molecular flexibility index (Phi) is 6.45. The Morgan fingerprint density at radius 3 is 2.36 bits per heavy atom. The Bertz CT molecular complexity index is 843. The Morgan fingerprint density at radius 2 is 1.71 bits per heavy atom. The summed E-state index contributed by atoms with van der Waals surface area (Å²) in [7, 11) is 0. The van der Waals surface area contributed by atoms with Crippen LogP contribution in [-0.4, -0.2) is 29.8 Å². The standard InChI is InChI=1S/C23H27FN2O2/c1-3-16-9-7-10-17(4-2)22(16)25-23(28)19-14-21(27)26(15-19)13-12-18-8-5-6-11-20(18)24/h5-11,19H,3-4,12-15H2,1-2H3,(H,25,28). The highest BCUT2D eigenvalue weighted by Crippen LogP contribution is 2.26. The van der Waals surface area contributed by atoms with E-state index in [4.69, 9.17) is 0 Å². The number of hydrogen-bond acceptors (Lipinski definition) is 2. The van der Waals surface area contributed by atoms with E-state index in [1.165, 1.54) is 6.07 Å². The third-order valence-electron chi connectivity index (χ3n) is 5.44. The van der Waals surface area contributed by atoms with Gasteiger partial charge in [-0.15, -0.1) is 0 Å². The zero-order chi connectivity index (χ0) is 20.1. The van der Waals surface area contributed by atoms with Crippen LogP contribution in [0, 0.1) is 11.7 Å². The first-order valence-electron chi connectivity index (χ1n) is 9.96. The topological polar surface area (TPSA) is 49.4 Å². The number of para-hydroxylation sites is 1. The van der Waals surface area contributed by atoms with Crippen LogP contribution < -0.4 is 5.32 Å². The Balaban J connectivity index is 1.64. The van der Waals surface area contributed by atoms with Gasteiger partial charge in [0.2, 0.25) is 11.8 Å². The van der Waals surface area contributed by atoms with Crippen LogP contribution in [0.3, 0.4) is 0 Å². The molecule has 0 saturated carbocycles. The number of benzene rings is 2. The van der Waals surface area contributed by atoms with E-state index < -0.39 is 0 Å². The molecule has 148 valence electrons. The number of rotatable bonds is 7. The third-order valence-corrected chi connectivity index (χ3v) is 5.44. The molecule has 28 heavy (non-hydrogen) atoms. The van der Waals surface area contributed by atoms with E-state index in [0.717, 1.165) is 29.7 Å². The van der Waals surface area contributed by atoms with Crippen molar-refractivity contribution in [1.29, 1.82) is 0 Å². The molecule has 0 bridgehead atoms. The van der Waals surface area contributed by atoms with Gasteiger partial charge in [-0.2, -0.15) is 0 Å². The Labute approximate surface area is 165 Å². The van der Waals surface area contributed by atoms with Gasteiger partial charge in [-0.3, -0.25) is 9.59 Å². The first-order chi connectivity index (χ1) is 13.5. The fourth-order valence-corrected chi connectivity index (χ4v) is 3.75. The van der Waals surface area contributed by atoms with E-state index in [1.54, 1.807) is 23.1 Å². The summed E-state index contributed by atoms with van der Waals surface area (Å²) in [5.74, 6) is -0.789. The molecule has 5 heteroatoms. The summed E-state index contributed by atoms with van der Waals surface area (Å²) in [6, 6.07) is 12.7. The number of likely N-dealkylation sites (tertiary alicyclic amines) is 1. The second-order valence-corrected chi connectivity index (χ2v) is 7.23. The van der Waals surface area contributed by atoms with Gasteiger partial charge in [-0.05, 0) is 42.0 Å². The molecule has 2 amide bonds. The van der Waals surface area contributed by atoms with Crippen LogP contribution in [0.4, 0.5) is 10.1 Å². The molecule has 0 radical (unpaired) electrons. The Hall–Kier alpha value is -2.69. The normalized spacial score (nSPS) is 16.5. The highest BCUT2D eigenvalue weighted by atomic mass is 19.1. The zero-order valence-corrected chi connectivity index (χ0v) is 16.5. The van der Waals surface area contributed by atoms with Crippen LogP contribution in [0.5, 0.6) is 0 Å². The summed E-state index contributed by atoms with van der Waals surface area (Å²) in [5.41, 5.74) is 3.68. The van der Waals surface area contributed by atoms with Gasteiger partial charge in [0.05, 0.1) is 5.92 Å². The van der Waals surface area contributed by atoms with Gasteiger partial charge in [0, 0.05) is 25.2 Å². The predicted molar refractivity (Wildman–Crippen MR) is 109 cm³/mol. The minimum Gasteiger partial charge on any atom is -0.342 e. The lowest BCUT2D eigenvalue weighted by atomic mass is 10.0. The molecular formula is C23H27FN2O2. The van der Waals surface area contributed by atoms with Crippen molar-refractivity contribution in [3.63, 3.8) is 0 Å². The maximum atomic E-state index is 13.8. The average Bonchev–Trinajstić information content (AvgIpc) is 3.08. The Morgan fingerprint density at radius 1 is 1.07 bits per heavy atom. The van der Waals surface area contributed by atoms with Gasteiger partial charge in [0.25, 0.3) is 0 Å². The number of nitrogens with zero attached hydrogens (tertiary/aromatic N) is 1. The number of carbonyl (C=O) groups excluding carboxylic acids is 2. The van der Waals surface area contributed by atoms with E-state index >= 15 is 0 Å². The maximum Gasteiger partial charge on any atom is 0.229 e.